The van der Waals surface area contributed by atoms with Crippen molar-refractivity contribution in [2.24, 2.45) is 0 Å². The molecule has 4 aromatic rings. The molecule has 4 aromatic carbocycles. The molecule has 0 saturated heterocycles. The zero-order valence-corrected chi connectivity index (χ0v) is 27.9. The average Bonchev–Trinajstić information content (AvgIpc) is 3.56. The van der Waals surface area contributed by atoms with Gasteiger partial charge in [0.05, 0.1) is 10.6 Å². The van der Waals surface area contributed by atoms with Crippen molar-refractivity contribution in [2.45, 2.75) is 62.6 Å². The lowest BCUT2D eigenvalue weighted by Crippen LogP contribution is -2.54. The van der Waals surface area contributed by atoms with Gasteiger partial charge in [0.2, 0.25) is 11.8 Å². The maximum atomic E-state index is 14.6. The van der Waals surface area contributed by atoms with Crippen LogP contribution < -0.4 is 9.62 Å². The Morgan fingerprint density at radius 2 is 1.43 bits per heavy atom. The van der Waals surface area contributed by atoms with E-state index in [9.17, 15) is 18.0 Å². The molecule has 0 aliphatic heterocycles. The number of carbonyl (C=O) groups excluding carboxylic acids is 2. The second-order valence-corrected chi connectivity index (χ2v) is 14.3. The zero-order valence-electron chi connectivity index (χ0n) is 25.6. The largest absolute Gasteiger partial charge is 0.352 e. The minimum atomic E-state index is -4.20. The number of aryl methyl sites for hydroxylation is 1. The molecule has 1 aliphatic carbocycles. The summed E-state index contributed by atoms with van der Waals surface area (Å²) in [6.07, 6.45) is 4.09. The van der Waals surface area contributed by atoms with Crippen LogP contribution in [0.4, 0.5) is 5.69 Å². The standard InChI is InChI=1S/C36H37Cl2N3O4S/c1-26-22-30(38)20-21-33(26)41(46(44,45)32-14-6-3-7-15-32)25-35(42)40(24-28-16-18-29(37)19-17-28)34(23-27-10-4-2-5-11-27)36(43)39-31-12-8-9-13-31/h2-7,10-11,14-22,31,34H,8-9,12-13,23-25H2,1H3,(H,39,43)/t34-/m0/s1. The number of benzene rings is 4. The van der Waals surface area contributed by atoms with Crippen molar-refractivity contribution in [3.8, 4) is 0 Å². The molecule has 0 bridgehead atoms. The summed E-state index contributed by atoms with van der Waals surface area (Å²) in [5.41, 5.74) is 2.54. The highest BCUT2D eigenvalue weighted by Gasteiger charge is 2.36. The molecule has 0 unspecified atom stereocenters. The van der Waals surface area contributed by atoms with Gasteiger partial charge in [0.1, 0.15) is 12.6 Å². The number of rotatable bonds is 12. The number of nitrogens with zero attached hydrogens (tertiary/aromatic N) is 2. The van der Waals surface area contributed by atoms with E-state index in [0.29, 0.717) is 21.3 Å². The molecule has 0 spiro atoms. The highest BCUT2D eigenvalue weighted by atomic mass is 35.5. The number of hydrogen-bond donors (Lipinski definition) is 1. The van der Waals surface area contributed by atoms with E-state index >= 15 is 0 Å². The van der Waals surface area contributed by atoms with E-state index in [-0.39, 0.29) is 29.8 Å². The van der Waals surface area contributed by atoms with Gasteiger partial charge in [-0.05, 0) is 78.9 Å². The van der Waals surface area contributed by atoms with E-state index in [0.717, 1.165) is 41.1 Å². The monoisotopic (exact) mass is 677 g/mol. The summed E-state index contributed by atoms with van der Waals surface area (Å²) in [6.45, 7) is 1.29. The highest BCUT2D eigenvalue weighted by molar-refractivity contribution is 7.92. The SMILES string of the molecule is Cc1cc(Cl)ccc1N(CC(=O)N(Cc1ccc(Cl)cc1)[C@@H](Cc1ccccc1)C(=O)NC1CCCC1)S(=O)(=O)c1ccccc1. The van der Waals surface area contributed by atoms with Crippen LogP contribution in [-0.4, -0.2) is 43.8 Å². The number of anilines is 1. The summed E-state index contributed by atoms with van der Waals surface area (Å²) in [5, 5.41) is 4.17. The van der Waals surface area contributed by atoms with Gasteiger partial charge in [-0.25, -0.2) is 8.42 Å². The van der Waals surface area contributed by atoms with Crippen molar-refractivity contribution in [3.05, 3.63) is 130 Å². The molecule has 1 N–H and O–H groups in total. The normalized spacial score (nSPS) is 14.1. The molecule has 1 saturated carbocycles. The molecule has 0 heterocycles. The summed E-state index contributed by atoms with van der Waals surface area (Å²) < 4.78 is 29.5. The molecule has 0 radical (unpaired) electrons. The number of carbonyl (C=O) groups is 2. The Bertz CT molecular complexity index is 1750. The van der Waals surface area contributed by atoms with Gasteiger partial charge in [-0.2, -0.15) is 0 Å². The zero-order chi connectivity index (χ0) is 32.7. The van der Waals surface area contributed by atoms with Crippen LogP contribution >= 0.6 is 23.2 Å². The van der Waals surface area contributed by atoms with Crippen LogP contribution in [0.5, 0.6) is 0 Å². The molecule has 46 heavy (non-hydrogen) atoms. The van der Waals surface area contributed by atoms with Crippen LogP contribution in [0.25, 0.3) is 0 Å². The molecule has 1 fully saturated rings. The fourth-order valence-corrected chi connectivity index (χ4v) is 7.69. The van der Waals surface area contributed by atoms with Crippen molar-refractivity contribution >= 4 is 50.7 Å². The Morgan fingerprint density at radius 1 is 0.826 bits per heavy atom. The first kappa shape index (κ1) is 33.5. The van der Waals surface area contributed by atoms with Crippen LogP contribution in [0, 0.1) is 6.92 Å². The summed E-state index contributed by atoms with van der Waals surface area (Å²) >= 11 is 12.4. The van der Waals surface area contributed by atoms with E-state index in [2.05, 4.69) is 5.32 Å². The van der Waals surface area contributed by atoms with Crippen molar-refractivity contribution in [1.82, 2.24) is 10.2 Å². The third kappa shape index (κ3) is 8.29. The van der Waals surface area contributed by atoms with Gasteiger partial charge in [0.25, 0.3) is 10.0 Å². The molecule has 7 nitrogen and oxygen atoms in total. The van der Waals surface area contributed by atoms with Crippen molar-refractivity contribution < 1.29 is 18.0 Å². The van der Waals surface area contributed by atoms with Gasteiger partial charge in [-0.1, -0.05) is 96.7 Å². The Labute approximate surface area is 281 Å². The summed E-state index contributed by atoms with van der Waals surface area (Å²) in [7, 11) is -4.20. The number of nitrogens with one attached hydrogen (secondary N) is 1. The molecule has 1 aliphatic rings. The molecular formula is C36H37Cl2N3O4S. The summed E-state index contributed by atoms with van der Waals surface area (Å²) in [6, 6.07) is 28.6. The first-order valence-corrected chi connectivity index (χ1v) is 17.5. The maximum absolute atomic E-state index is 14.6. The van der Waals surface area contributed by atoms with E-state index in [4.69, 9.17) is 23.2 Å². The molecule has 1 atom stereocenters. The van der Waals surface area contributed by atoms with Crippen molar-refractivity contribution in [3.63, 3.8) is 0 Å². The fourth-order valence-electron chi connectivity index (χ4n) is 5.84. The number of halogens is 2. The lowest BCUT2D eigenvalue weighted by molar-refractivity contribution is -0.140. The van der Waals surface area contributed by atoms with Gasteiger partial charge in [-0.15, -0.1) is 0 Å². The number of amides is 2. The lowest BCUT2D eigenvalue weighted by atomic mass is 10.0. The molecule has 10 heteroatoms. The van der Waals surface area contributed by atoms with E-state index in [1.807, 2.05) is 30.3 Å². The second kappa shape index (κ2) is 15.2. The van der Waals surface area contributed by atoms with Crippen LogP contribution in [0.1, 0.15) is 42.4 Å². The summed E-state index contributed by atoms with van der Waals surface area (Å²) in [5.74, 6) is -0.787. The summed E-state index contributed by atoms with van der Waals surface area (Å²) in [4.78, 5) is 30.2. The molecule has 0 aromatic heterocycles. The van der Waals surface area contributed by atoms with Gasteiger partial charge in [0, 0.05) is 29.1 Å². The Morgan fingerprint density at radius 3 is 2.07 bits per heavy atom. The van der Waals surface area contributed by atoms with Gasteiger partial charge < -0.3 is 10.2 Å². The third-order valence-corrected chi connectivity index (χ3v) is 10.5. The predicted molar refractivity (Wildman–Crippen MR) is 183 cm³/mol. The highest BCUT2D eigenvalue weighted by Crippen LogP contribution is 2.30. The Balaban J connectivity index is 1.57. The van der Waals surface area contributed by atoms with E-state index in [1.165, 1.54) is 17.0 Å². The molecular weight excluding hydrogens is 641 g/mol. The van der Waals surface area contributed by atoms with E-state index in [1.54, 1.807) is 67.6 Å². The van der Waals surface area contributed by atoms with Crippen LogP contribution in [-0.2, 0) is 32.6 Å². The van der Waals surface area contributed by atoms with Gasteiger partial charge in [-0.3, -0.25) is 13.9 Å². The molecule has 240 valence electrons. The second-order valence-electron chi connectivity index (χ2n) is 11.6. The van der Waals surface area contributed by atoms with E-state index < -0.39 is 28.5 Å². The Kier molecular flexibility index (Phi) is 11.0. The van der Waals surface area contributed by atoms with Crippen LogP contribution in [0.3, 0.4) is 0 Å². The average molecular weight is 679 g/mol. The number of hydrogen-bond acceptors (Lipinski definition) is 4. The first-order valence-electron chi connectivity index (χ1n) is 15.3. The predicted octanol–water partition coefficient (Wildman–Crippen LogP) is 7.20. The fraction of sp³-hybridized carbons (Fsp3) is 0.278. The minimum Gasteiger partial charge on any atom is -0.352 e. The van der Waals surface area contributed by atoms with Gasteiger partial charge in [0.15, 0.2) is 0 Å². The van der Waals surface area contributed by atoms with Crippen LogP contribution in [0.2, 0.25) is 10.0 Å². The lowest BCUT2D eigenvalue weighted by Gasteiger charge is -2.34. The Hall–Kier alpha value is -3.85. The maximum Gasteiger partial charge on any atom is 0.264 e. The third-order valence-electron chi connectivity index (χ3n) is 8.28. The smallest absolute Gasteiger partial charge is 0.264 e. The van der Waals surface area contributed by atoms with Crippen LogP contribution in [0.15, 0.2) is 108 Å². The quantitative estimate of drug-likeness (QED) is 0.172. The first-order chi connectivity index (χ1) is 22.1. The molecule has 2 amide bonds. The van der Waals surface area contributed by atoms with Crippen molar-refractivity contribution in [1.29, 1.82) is 0 Å². The van der Waals surface area contributed by atoms with Crippen molar-refractivity contribution in [2.75, 3.05) is 10.8 Å². The minimum absolute atomic E-state index is 0.0323. The molecule has 5 rings (SSSR count). The van der Waals surface area contributed by atoms with Gasteiger partial charge >= 0.3 is 0 Å². The number of sulfonamides is 1. The topological polar surface area (TPSA) is 86.8 Å².